The van der Waals surface area contributed by atoms with Gasteiger partial charge < -0.3 is 13.6 Å². The van der Waals surface area contributed by atoms with E-state index in [1.807, 2.05) is 16.9 Å². The van der Waals surface area contributed by atoms with Crippen molar-refractivity contribution in [1.82, 2.24) is 24.9 Å². The van der Waals surface area contributed by atoms with Crippen LogP contribution in [0.4, 0.5) is 0 Å². The van der Waals surface area contributed by atoms with E-state index in [2.05, 4.69) is 20.2 Å². The first-order valence-electron chi connectivity index (χ1n) is 7.54. The van der Waals surface area contributed by atoms with Crippen LogP contribution >= 0.6 is 0 Å². The van der Waals surface area contributed by atoms with Gasteiger partial charge in [0.2, 0.25) is 5.89 Å². The Balaban J connectivity index is 1.37. The van der Waals surface area contributed by atoms with Crippen LogP contribution < -0.4 is 0 Å². The Hall–Kier alpha value is -2.45. The number of nitrogens with zero attached hydrogens (tertiary/aromatic N) is 5. The molecular formula is C15H17N5O3. The van der Waals surface area contributed by atoms with Crippen molar-refractivity contribution in [3.8, 4) is 11.7 Å². The first kappa shape index (κ1) is 14.2. The topological polar surface area (TPSA) is 82.4 Å². The molecule has 0 N–H and O–H groups in total. The number of rotatable bonds is 5. The molecule has 0 aromatic carbocycles. The van der Waals surface area contributed by atoms with Gasteiger partial charge >= 0.3 is 0 Å². The summed E-state index contributed by atoms with van der Waals surface area (Å²) in [6, 6.07) is 5.50. The predicted molar refractivity (Wildman–Crippen MR) is 79.2 cm³/mol. The smallest absolute Gasteiger partial charge is 0.283 e. The van der Waals surface area contributed by atoms with Gasteiger partial charge in [-0.3, -0.25) is 9.58 Å². The number of hydrogen-bond donors (Lipinski definition) is 0. The zero-order valence-corrected chi connectivity index (χ0v) is 12.5. The second kappa shape index (κ2) is 6.35. The SMILES string of the molecule is c1coc(-c2nnc(CN3CCO[C@@H](Cn4cccn4)C3)o2)c1. The number of aromatic nitrogens is 4. The third-order valence-corrected chi connectivity index (χ3v) is 3.73. The molecule has 0 radical (unpaired) electrons. The molecule has 4 rings (SSSR count). The Labute approximate surface area is 132 Å². The Morgan fingerprint density at radius 1 is 1.26 bits per heavy atom. The van der Waals surface area contributed by atoms with Crippen molar-refractivity contribution in [2.24, 2.45) is 0 Å². The molecule has 3 aromatic rings. The van der Waals surface area contributed by atoms with Crippen LogP contribution in [0.1, 0.15) is 5.89 Å². The molecule has 0 amide bonds. The minimum absolute atomic E-state index is 0.108. The quantitative estimate of drug-likeness (QED) is 0.704. The van der Waals surface area contributed by atoms with Gasteiger partial charge in [-0.25, -0.2) is 0 Å². The van der Waals surface area contributed by atoms with Crippen LogP contribution in [0.5, 0.6) is 0 Å². The van der Waals surface area contributed by atoms with Gasteiger partial charge in [-0.05, 0) is 18.2 Å². The third-order valence-electron chi connectivity index (χ3n) is 3.73. The van der Waals surface area contributed by atoms with E-state index in [1.54, 1.807) is 24.6 Å². The van der Waals surface area contributed by atoms with Gasteiger partial charge in [0.25, 0.3) is 5.89 Å². The fourth-order valence-electron chi connectivity index (χ4n) is 2.66. The Kier molecular flexibility index (Phi) is 3.91. The fraction of sp³-hybridized carbons (Fsp3) is 0.400. The highest BCUT2D eigenvalue weighted by atomic mass is 16.5. The molecule has 3 aromatic heterocycles. The third kappa shape index (κ3) is 3.33. The summed E-state index contributed by atoms with van der Waals surface area (Å²) < 4.78 is 18.6. The van der Waals surface area contributed by atoms with E-state index < -0.39 is 0 Å². The standard InChI is InChI=1S/C15H17N5O3/c1-3-13(22-7-1)15-18-17-14(23-15)11-19-6-8-21-12(9-19)10-20-5-2-4-16-20/h1-5,7,12H,6,8-11H2/t12-/m1/s1. The molecule has 8 nitrogen and oxygen atoms in total. The fourth-order valence-corrected chi connectivity index (χ4v) is 2.66. The molecule has 1 saturated heterocycles. The maximum atomic E-state index is 5.80. The van der Waals surface area contributed by atoms with E-state index in [0.29, 0.717) is 30.7 Å². The van der Waals surface area contributed by atoms with Gasteiger partial charge in [-0.1, -0.05) is 0 Å². The van der Waals surface area contributed by atoms with E-state index in [1.165, 1.54) is 0 Å². The summed E-state index contributed by atoms with van der Waals surface area (Å²) in [6.45, 7) is 3.68. The van der Waals surface area contributed by atoms with Crippen LogP contribution in [-0.2, 0) is 17.8 Å². The molecular weight excluding hydrogens is 298 g/mol. The van der Waals surface area contributed by atoms with Gasteiger partial charge in [-0.2, -0.15) is 5.10 Å². The van der Waals surface area contributed by atoms with E-state index in [0.717, 1.165) is 19.6 Å². The minimum atomic E-state index is 0.108. The van der Waals surface area contributed by atoms with Gasteiger partial charge in [-0.15, -0.1) is 10.2 Å². The van der Waals surface area contributed by atoms with Crippen molar-refractivity contribution < 1.29 is 13.6 Å². The zero-order chi connectivity index (χ0) is 15.5. The monoisotopic (exact) mass is 315 g/mol. The van der Waals surface area contributed by atoms with Crippen molar-refractivity contribution in [2.45, 2.75) is 19.2 Å². The molecule has 1 aliphatic heterocycles. The Morgan fingerprint density at radius 2 is 2.26 bits per heavy atom. The first-order chi connectivity index (χ1) is 11.4. The van der Waals surface area contributed by atoms with Crippen molar-refractivity contribution in [2.75, 3.05) is 19.7 Å². The molecule has 0 saturated carbocycles. The molecule has 0 bridgehead atoms. The lowest BCUT2D eigenvalue weighted by Gasteiger charge is -2.31. The number of hydrogen-bond acceptors (Lipinski definition) is 7. The summed E-state index contributed by atoms with van der Waals surface area (Å²) in [5.41, 5.74) is 0. The minimum Gasteiger partial charge on any atom is -0.459 e. The average Bonchev–Trinajstić information content (AvgIpc) is 3.30. The highest BCUT2D eigenvalue weighted by Gasteiger charge is 2.23. The molecule has 0 spiro atoms. The number of furan rings is 1. The van der Waals surface area contributed by atoms with Crippen LogP contribution in [0.25, 0.3) is 11.7 Å². The lowest BCUT2D eigenvalue weighted by molar-refractivity contribution is -0.0422. The highest BCUT2D eigenvalue weighted by molar-refractivity contribution is 5.42. The lowest BCUT2D eigenvalue weighted by atomic mass is 10.2. The van der Waals surface area contributed by atoms with Crippen LogP contribution in [0.15, 0.2) is 45.7 Å². The van der Waals surface area contributed by atoms with E-state index in [-0.39, 0.29) is 6.10 Å². The van der Waals surface area contributed by atoms with Gasteiger partial charge in [0.05, 0.1) is 32.1 Å². The van der Waals surface area contributed by atoms with E-state index in [9.17, 15) is 0 Å². The van der Waals surface area contributed by atoms with Crippen LogP contribution in [0.2, 0.25) is 0 Å². The first-order valence-corrected chi connectivity index (χ1v) is 7.54. The predicted octanol–water partition coefficient (Wildman–Crippen LogP) is 1.43. The molecule has 1 aliphatic rings. The van der Waals surface area contributed by atoms with Gasteiger partial charge in [0.15, 0.2) is 5.76 Å². The molecule has 8 heteroatoms. The van der Waals surface area contributed by atoms with Crippen LogP contribution in [0, 0.1) is 0 Å². The van der Waals surface area contributed by atoms with Crippen molar-refractivity contribution in [3.05, 3.63) is 42.7 Å². The summed E-state index contributed by atoms with van der Waals surface area (Å²) in [5, 5.41) is 12.3. The lowest BCUT2D eigenvalue weighted by Crippen LogP contribution is -2.43. The summed E-state index contributed by atoms with van der Waals surface area (Å²) in [5.74, 6) is 1.57. The number of ether oxygens (including phenoxy) is 1. The summed E-state index contributed by atoms with van der Waals surface area (Å²) in [7, 11) is 0. The average molecular weight is 315 g/mol. The summed E-state index contributed by atoms with van der Waals surface area (Å²) in [6.07, 6.45) is 5.41. The van der Waals surface area contributed by atoms with Gasteiger partial charge in [0, 0.05) is 25.5 Å². The maximum Gasteiger partial charge on any atom is 0.283 e. The largest absolute Gasteiger partial charge is 0.459 e. The molecule has 120 valence electrons. The number of morpholine rings is 1. The molecule has 4 heterocycles. The van der Waals surface area contributed by atoms with Crippen molar-refractivity contribution in [3.63, 3.8) is 0 Å². The van der Waals surface area contributed by atoms with Crippen LogP contribution in [-0.4, -0.2) is 50.7 Å². The van der Waals surface area contributed by atoms with Crippen LogP contribution in [0.3, 0.4) is 0 Å². The second-order valence-corrected chi connectivity index (χ2v) is 5.43. The highest BCUT2D eigenvalue weighted by Crippen LogP contribution is 2.19. The molecule has 1 fully saturated rings. The molecule has 0 unspecified atom stereocenters. The molecule has 0 aliphatic carbocycles. The summed E-state index contributed by atoms with van der Waals surface area (Å²) >= 11 is 0. The summed E-state index contributed by atoms with van der Waals surface area (Å²) in [4.78, 5) is 2.25. The normalized spacial score (nSPS) is 19.2. The van der Waals surface area contributed by atoms with Crippen molar-refractivity contribution in [1.29, 1.82) is 0 Å². The van der Waals surface area contributed by atoms with E-state index in [4.69, 9.17) is 13.6 Å². The molecule has 23 heavy (non-hydrogen) atoms. The zero-order valence-electron chi connectivity index (χ0n) is 12.5. The second-order valence-electron chi connectivity index (χ2n) is 5.43. The Morgan fingerprint density at radius 3 is 3.09 bits per heavy atom. The maximum absolute atomic E-state index is 5.80. The van der Waals surface area contributed by atoms with Gasteiger partial charge in [0.1, 0.15) is 0 Å². The molecule has 1 atom stereocenters. The van der Waals surface area contributed by atoms with Crippen molar-refractivity contribution >= 4 is 0 Å². The van der Waals surface area contributed by atoms with E-state index >= 15 is 0 Å². The Bertz CT molecular complexity index is 722.